The molecule has 2 nitrogen and oxygen atoms in total. The summed E-state index contributed by atoms with van der Waals surface area (Å²) in [6.07, 6.45) is 6.43. The van der Waals surface area contributed by atoms with E-state index in [0.717, 1.165) is 34.8 Å². The number of hydrogen-bond donors (Lipinski definition) is 1. The lowest BCUT2D eigenvalue weighted by atomic mass is 9.99. The molecule has 0 radical (unpaired) electrons. The van der Waals surface area contributed by atoms with Crippen molar-refractivity contribution in [1.29, 1.82) is 0 Å². The number of nitrogens with zero attached hydrogens (tertiary/aromatic N) is 1. The molecule has 8 rings (SSSR count). The van der Waals surface area contributed by atoms with Gasteiger partial charge >= 0.3 is 0 Å². The van der Waals surface area contributed by atoms with Crippen molar-refractivity contribution < 1.29 is 0 Å². The van der Waals surface area contributed by atoms with E-state index in [4.69, 9.17) is 4.98 Å². The van der Waals surface area contributed by atoms with E-state index in [-0.39, 0.29) is 0 Å². The van der Waals surface area contributed by atoms with Crippen LogP contribution >= 0.6 is 23.5 Å². The maximum atomic E-state index is 5.09. The number of rotatable bonds is 3. The van der Waals surface area contributed by atoms with E-state index >= 15 is 0 Å². The summed E-state index contributed by atoms with van der Waals surface area (Å²) in [5.74, 6) is 0. The molecule has 2 aliphatic heterocycles. The van der Waals surface area contributed by atoms with Crippen molar-refractivity contribution in [2.75, 3.05) is 6.54 Å². The number of allylic oxidation sites excluding steroid dienone is 2. The molecule has 0 fully saturated rings. The van der Waals surface area contributed by atoms with Crippen LogP contribution in [-0.2, 0) is 0 Å². The number of benzene rings is 5. The van der Waals surface area contributed by atoms with Crippen molar-refractivity contribution in [3.05, 3.63) is 157 Å². The molecular weight excluding hydrogens is 573 g/mol. The van der Waals surface area contributed by atoms with Gasteiger partial charge in [-0.2, -0.15) is 0 Å². The first-order valence-corrected chi connectivity index (χ1v) is 16.4. The van der Waals surface area contributed by atoms with Crippen LogP contribution in [0.4, 0.5) is 0 Å². The van der Waals surface area contributed by atoms with Gasteiger partial charge in [-0.15, -0.1) is 0 Å². The summed E-state index contributed by atoms with van der Waals surface area (Å²) in [4.78, 5) is 10.0. The molecule has 0 aliphatic carbocycles. The van der Waals surface area contributed by atoms with Gasteiger partial charge in [0.2, 0.25) is 0 Å². The highest BCUT2D eigenvalue weighted by atomic mass is 32.2. The molecule has 0 atom stereocenters. The van der Waals surface area contributed by atoms with E-state index in [9.17, 15) is 0 Å². The van der Waals surface area contributed by atoms with Gasteiger partial charge in [-0.3, -0.25) is 0 Å². The fourth-order valence-corrected chi connectivity index (χ4v) is 8.09. The topological polar surface area (TPSA) is 24.9 Å². The Kier molecular flexibility index (Phi) is 7.15. The molecule has 1 N–H and O–H groups in total. The molecule has 44 heavy (non-hydrogen) atoms. The molecule has 5 aromatic carbocycles. The maximum absolute atomic E-state index is 5.09. The third-order valence-corrected chi connectivity index (χ3v) is 10.3. The molecule has 0 saturated carbocycles. The van der Waals surface area contributed by atoms with E-state index in [2.05, 4.69) is 151 Å². The number of aromatic nitrogens is 1. The van der Waals surface area contributed by atoms with E-state index in [0.29, 0.717) is 0 Å². The van der Waals surface area contributed by atoms with Gasteiger partial charge in [-0.1, -0.05) is 133 Å². The van der Waals surface area contributed by atoms with Gasteiger partial charge in [0.05, 0.1) is 11.4 Å². The quantitative estimate of drug-likeness (QED) is 0.218. The summed E-state index contributed by atoms with van der Waals surface area (Å²) in [5, 5.41) is 3.54. The van der Waals surface area contributed by atoms with E-state index in [1.54, 1.807) is 0 Å². The summed E-state index contributed by atoms with van der Waals surface area (Å²) in [5.41, 5.74) is 11.5. The lowest BCUT2D eigenvalue weighted by Gasteiger charge is -2.21. The minimum atomic E-state index is 0.845. The van der Waals surface area contributed by atoms with Gasteiger partial charge in [-0.05, 0) is 70.3 Å². The largest absolute Gasteiger partial charge is 0.381 e. The smallest absolute Gasteiger partial charge is 0.0709 e. The van der Waals surface area contributed by atoms with Gasteiger partial charge < -0.3 is 5.32 Å². The second-order valence-corrected chi connectivity index (χ2v) is 12.9. The average Bonchev–Trinajstić information content (AvgIpc) is 3.10. The summed E-state index contributed by atoms with van der Waals surface area (Å²) >= 11 is 3.69. The number of fused-ring (bicyclic) bond motifs is 6. The van der Waals surface area contributed by atoms with Crippen LogP contribution in [0.15, 0.2) is 171 Å². The van der Waals surface area contributed by atoms with Crippen molar-refractivity contribution in [3.8, 4) is 44.8 Å². The number of hydrogen-bond acceptors (Lipinski definition) is 4. The third-order valence-electron chi connectivity index (χ3n) is 7.99. The highest BCUT2D eigenvalue weighted by Crippen LogP contribution is 2.49. The molecule has 3 heterocycles. The second-order valence-electron chi connectivity index (χ2n) is 10.8. The molecule has 0 amide bonds. The molecule has 4 heteroatoms. The van der Waals surface area contributed by atoms with Gasteiger partial charge in [0, 0.05) is 43.0 Å². The standard InChI is InChI=1S/C40H28N2S2/c1-2-11-27(12-3-1)35-16-10-17-36(42-35)29-21-23-33-32-22-20-28(34-15-8-9-24-41-34)25-39(32)43-37-18-6-4-13-30(37)31-14-5-7-19-38(31)44-40(33)26-29/h1-23,25-26,41H,24H2. The predicted octanol–water partition coefficient (Wildman–Crippen LogP) is 10.9. The van der Waals surface area contributed by atoms with Crippen molar-refractivity contribution >= 4 is 29.2 Å². The molecule has 1 aromatic heterocycles. The van der Waals surface area contributed by atoms with Crippen molar-refractivity contribution in [2.24, 2.45) is 0 Å². The Morgan fingerprint density at radius 2 is 1.05 bits per heavy atom. The molecule has 210 valence electrons. The Hall–Kier alpha value is -4.77. The minimum absolute atomic E-state index is 0.845. The van der Waals surface area contributed by atoms with Crippen LogP contribution in [0.1, 0.15) is 5.56 Å². The zero-order valence-electron chi connectivity index (χ0n) is 23.9. The minimum Gasteiger partial charge on any atom is -0.381 e. The zero-order valence-corrected chi connectivity index (χ0v) is 25.5. The first kappa shape index (κ1) is 26.8. The molecular formula is C40H28N2S2. The predicted molar refractivity (Wildman–Crippen MR) is 186 cm³/mol. The van der Waals surface area contributed by atoms with Crippen LogP contribution < -0.4 is 5.32 Å². The summed E-state index contributed by atoms with van der Waals surface area (Å²) < 4.78 is 0. The fourth-order valence-electron chi connectivity index (χ4n) is 5.80. The molecule has 0 bridgehead atoms. The highest BCUT2D eigenvalue weighted by Gasteiger charge is 2.20. The van der Waals surface area contributed by atoms with Gasteiger partial charge in [0.15, 0.2) is 0 Å². The van der Waals surface area contributed by atoms with Crippen molar-refractivity contribution in [1.82, 2.24) is 10.3 Å². The van der Waals surface area contributed by atoms with Gasteiger partial charge in [0.25, 0.3) is 0 Å². The zero-order chi connectivity index (χ0) is 29.3. The molecule has 0 spiro atoms. The molecule has 0 unspecified atom stereocenters. The maximum Gasteiger partial charge on any atom is 0.0709 e. The Balaban J connectivity index is 1.32. The molecule has 2 aliphatic rings. The average molecular weight is 601 g/mol. The lowest BCUT2D eigenvalue weighted by Crippen LogP contribution is -2.14. The van der Waals surface area contributed by atoms with Crippen molar-refractivity contribution in [2.45, 2.75) is 19.6 Å². The number of pyridine rings is 1. The second kappa shape index (κ2) is 11.7. The summed E-state index contributed by atoms with van der Waals surface area (Å²) in [7, 11) is 0. The number of dihydropyridines is 1. The monoisotopic (exact) mass is 600 g/mol. The fraction of sp³-hybridized carbons (Fsp3) is 0.0250. The third kappa shape index (κ3) is 5.17. The highest BCUT2D eigenvalue weighted by molar-refractivity contribution is 8.00. The Morgan fingerprint density at radius 3 is 1.70 bits per heavy atom. The SMILES string of the molecule is C1=CCNC(c2ccc3c(c2)Sc2ccccc2-c2ccccc2Sc2cc(-c4cccc(-c5ccccc5)n4)ccc2-3)=C1. The Morgan fingerprint density at radius 1 is 0.477 bits per heavy atom. The van der Waals surface area contributed by atoms with Crippen LogP contribution in [0, 0.1) is 0 Å². The molecule has 0 saturated heterocycles. The van der Waals surface area contributed by atoms with Crippen LogP contribution in [-0.4, -0.2) is 11.5 Å². The van der Waals surface area contributed by atoms with E-state index < -0.39 is 0 Å². The van der Waals surface area contributed by atoms with Crippen LogP contribution in [0.2, 0.25) is 0 Å². The van der Waals surface area contributed by atoms with Crippen LogP contribution in [0.3, 0.4) is 0 Å². The summed E-state index contributed by atoms with van der Waals surface area (Å²) in [6, 6.07) is 47.9. The van der Waals surface area contributed by atoms with Gasteiger partial charge in [0.1, 0.15) is 0 Å². The van der Waals surface area contributed by atoms with Crippen LogP contribution in [0.5, 0.6) is 0 Å². The first-order chi connectivity index (χ1) is 21.8. The Bertz CT molecular complexity index is 2080. The normalized spacial score (nSPS) is 13.4. The Labute approximate surface area is 266 Å². The number of nitrogens with one attached hydrogen (secondary N) is 1. The van der Waals surface area contributed by atoms with Crippen molar-refractivity contribution in [3.63, 3.8) is 0 Å². The first-order valence-electron chi connectivity index (χ1n) is 14.8. The van der Waals surface area contributed by atoms with Gasteiger partial charge in [-0.25, -0.2) is 4.98 Å². The van der Waals surface area contributed by atoms with E-state index in [1.807, 2.05) is 29.6 Å². The lowest BCUT2D eigenvalue weighted by molar-refractivity contribution is 0.994. The molecule has 6 aromatic rings. The van der Waals surface area contributed by atoms with Crippen LogP contribution in [0.25, 0.3) is 50.5 Å². The summed E-state index contributed by atoms with van der Waals surface area (Å²) in [6.45, 7) is 0.845. The van der Waals surface area contributed by atoms with E-state index in [1.165, 1.54) is 47.4 Å².